The lowest BCUT2D eigenvalue weighted by Gasteiger charge is -2.31. The zero-order valence-electron chi connectivity index (χ0n) is 22.0. The van der Waals surface area contributed by atoms with E-state index in [0.717, 1.165) is 6.42 Å². The number of amides is 2. The highest BCUT2D eigenvalue weighted by atomic mass is 19.1. The Balaban J connectivity index is 1.58. The van der Waals surface area contributed by atoms with Crippen molar-refractivity contribution >= 4 is 17.7 Å². The fourth-order valence-corrected chi connectivity index (χ4v) is 4.74. The van der Waals surface area contributed by atoms with Gasteiger partial charge >= 0.3 is 6.09 Å². The molecule has 9 heteroatoms. The Kier molecular flexibility index (Phi) is 7.85. The Morgan fingerprint density at radius 1 is 1.22 bits per heavy atom. The Labute approximate surface area is 217 Å². The predicted octanol–water partition coefficient (Wildman–Crippen LogP) is 4.58. The number of anilines is 1. The Morgan fingerprint density at radius 2 is 1.97 bits per heavy atom. The maximum atomic E-state index is 15.0. The summed E-state index contributed by atoms with van der Waals surface area (Å²) in [6.45, 7) is 5.48. The molecule has 3 N–H and O–H groups in total. The molecule has 2 fully saturated rings. The number of nitrogens with zero attached hydrogens (tertiary/aromatic N) is 2. The van der Waals surface area contributed by atoms with Crippen LogP contribution in [0.5, 0.6) is 0 Å². The van der Waals surface area contributed by atoms with Crippen LogP contribution in [0.3, 0.4) is 0 Å². The fraction of sp³-hybridized carbons (Fsp3) is 0.536. The van der Waals surface area contributed by atoms with Crippen LogP contribution in [0.4, 0.5) is 14.9 Å². The maximum Gasteiger partial charge on any atom is 0.411 e. The number of methoxy groups -OCH3 is 1. The van der Waals surface area contributed by atoms with Crippen LogP contribution in [0.2, 0.25) is 0 Å². The maximum absolute atomic E-state index is 15.0. The molecule has 0 spiro atoms. The molecule has 1 aromatic heterocycles. The lowest BCUT2D eigenvalue weighted by Crippen LogP contribution is -2.45. The molecule has 200 valence electrons. The summed E-state index contributed by atoms with van der Waals surface area (Å²) in [6, 6.07) is 9.25. The Hall–Kier alpha value is -3.04. The third-order valence-corrected chi connectivity index (χ3v) is 7.03. The minimum atomic E-state index is -0.936. The average molecular weight is 513 g/mol. The van der Waals surface area contributed by atoms with Gasteiger partial charge in [-0.15, -0.1) is 0 Å². The zero-order valence-corrected chi connectivity index (χ0v) is 22.0. The summed E-state index contributed by atoms with van der Waals surface area (Å²) in [7, 11) is 1.53. The molecule has 1 saturated carbocycles. The molecule has 0 radical (unpaired) electrons. The highest BCUT2D eigenvalue weighted by Crippen LogP contribution is 2.40. The van der Waals surface area contributed by atoms with Gasteiger partial charge < -0.3 is 20.5 Å². The van der Waals surface area contributed by atoms with Crippen LogP contribution in [0.1, 0.15) is 64.1 Å². The molecule has 0 bridgehead atoms. The molecular formula is C28H37FN4O4. The van der Waals surface area contributed by atoms with E-state index in [9.17, 15) is 14.0 Å². The van der Waals surface area contributed by atoms with Gasteiger partial charge in [0.1, 0.15) is 17.5 Å². The van der Waals surface area contributed by atoms with Crippen molar-refractivity contribution in [2.24, 2.45) is 11.7 Å². The first-order valence-corrected chi connectivity index (χ1v) is 12.8. The molecular weight excluding hydrogens is 475 g/mol. The van der Waals surface area contributed by atoms with E-state index in [1.165, 1.54) is 30.9 Å². The van der Waals surface area contributed by atoms with Crippen molar-refractivity contribution in [1.82, 2.24) is 9.88 Å². The van der Waals surface area contributed by atoms with Gasteiger partial charge in [0.2, 0.25) is 5.91 Å². The van der Waals surface area contributed by atoms with Gasteiger partial charge in [-0.3, -0.25) is 14.7 Å². The zero-order chi connectivity index (χ0) is 26.8. The molecule has 8 nitrogen and oxygen atoms in total. The van der Waals surface area contributed by atoms with Gasteiger partial charge in [-0.1, -0.05) is 25.0 Å². The van der Waals surface area contributed by atoms with Gasteiger partial charge in [0.25, 0.3) is 0 Å². The molecule has 1 aliphatic heterocycles. The number of rotatable bonds is 8. The number of hydrogen-bond acceptors (Lipinski definition) is 6. The number of carbonyl (C=O) groups excluding carboxylic acids is 2. The molecule has 1 aliphatic carbocycles. The summed E-state index contributed by atoms with van der Waals surface area (Å²) < 4.78 is 25.9. The van der Waals surface area contributed by atoms with Crippen molar-refractivity contribution in [1.29, 1.82) is 0 Å². The minimum Gasteiger partial charge on any atom is -0.444 e. The van der Waals surface area contributed by atoms with Gasteiger partial charge in [0.15, 0.2) is 0 Å². The molecule has 3 atom stereocenters. The van der Waals surface area contributed by atoms with Crippen molar-refractivity contribution < 1.29 is 23.5 Å². The number of benzene rings is 1. The first kappa shape index (κ1) is 27.0. The van der Waals surface area contributed by atoms with Gasteiger partial charge in [0, 0.05) is 19.7 Å². The molecule has 37 heavy (non-hydrogen) atoms. The number of halogens is 1. The number of likely N-dealkylation sites (tertiary alicyclic amines) is 1. The van der Waals surface area contributed by atoms with Crippen LogP contribution in [0.15, 0.2) is 42.6 Å². The molecule has 2 aromatic rings. The largest absolute Gasteiger partial charge is 0.444 e. The number of nitrogens with two attached hydrogens (primary N) is 1. The van der Waals surface area contributed by atoms with Crippen LogP contribution in [-0.4, -0.2) is 53.3 Å². The number of nitrogens with one attached hydrogen (secondary N) is 1. The highest BCUT2D eigenvalue weighted by molar-refractivity contribution is 5.97. The van der Waals surface area contributed by atoms with Crippen LogP contribution in [0.25, 0.3) is 0 Å². The first-order chi connectivity index (χ1) is 17.5. The van der Waals surface area contributed by atoms with Crippen molar-refractivity contribution in [3.05, 3.63) is 59.7 Å². The predicted molar refractivity (Wildman–Crippen MR) is 138 cm³/mol. The average Bonchev–Trinajstić information content (AvgIpc) is 3.58. The molecule has 1 saturated heterocycles. The van der Waals surface area contributed by atoms with Crippen molar-refractivity contribution in [3.8, 4) is 0 Å². The Bertz CT molecular complexity index is 1120. The van der Waals surface area contributed by atoms with E-state index >= 15 is 0 Å². The van der Waals surface area contributed by atoms with Gasteiger partial charge in [-0.2, -0.15) is 0 Å². The number of aromatic nitrogens is 1. The molecule has 1 aromatic carbocycles. The quantitative estimate of drug-likeness (QED) is 0.536. The summed E-state index contributed by atoms with van der Waals surface area (Å²) in [5.74, 6) is -0.450. The van der Waals surface area contributed by atoms with Crippen LogP contribution >= 0.6 is 0 Å². The number of hydrogen-bond donors (Lipinski definition) is 2. The lowest BCUT2D eigenvalue weighted by atomic mass is 9.82. The second kappa shape index (κ2) is 10.8. The topological polar surface area (TPSA) is 107 Å². The van der Waals surface area contributed by atoms with Gasteiger partial charge in [0.05, 0.1) is 29.6 Å². The molecule has 2 aliphatic rings. The van der Waals surface area contributed by atoms with Crippen LogP contribution in [-0.2, 0) is 19.8 Å². The van der Waals surface area contributed by atoms with E-state index in [1.54, 1.807) is 39.1 Å². The van der Waals surface area contributed by atoms with Gasteiger partial charge in [-0.25, -0.2) is 9.18 Å². The summed E-state index contributed by atoms with van der Waals surface area (Å²) in [6.07, 6.45) is 5.01. The number of carbonyl (C=O) groups is 2. The molecule has 1 unspecified atom stereocenters. The van der Waals surface area contributed by atoms with E-state index in [2.05, 4.69) is 10.3 Å². The van der Waals surface area contributed by atoms with E-state index in [1.807, 2.05) is 18.2 Å². The lowest BCUT2D eigenvalue weighted by molar-refractivity contribution is -0.120. The third-order valence-electron chi connectivity index (χ3n) is 7.03. The van der Waals surface area contributed by atoms with E-state index in [0.29, 0.717) is 23.6 Å². The second-order valence-corrected chi connectivity index (χ2v) is 11.1. The SMILES string of the molecule is CO[C@@H]1C[C@H](C(=O)Nc2cc(C(N)(CCC3CC3)c3ccccn3)ccc2F)N(C(=O)OC(C)(C)C)C1. The summed E-state index contributed by atoms with van der Waals surface area (Å²) in [4.78, 5) is 32.0. The summed E-state index contributed by atoms with van der Waals surface area (Å²) in [5, 5.41) is 2.69. The number of ether oxygens (including phenoxy) is 2. The third kappa shape index (κ3) is 6.45. The fourth-order valence-electron chi connectivity index (χ4n) is 4.74. The van der Waals surface area contributed by atoms with Crippen molar-refractivity contribution in [2.75, 3.05) is 19.0 Å². The highest BCUT2D eigenvalue weighted by Gasteiger charge is 2.42. The second-order valence-electron chi connectivity index (χ2n) is 11.1. The van der Waals surface area contributed by atoms with E-state index in [4.69, 9.17) is 15.2 Å². The van der Waals surface area contributed by atoms with E-state index in [-0.39, 0.29) is 24.8 Å². The monoisotopic (exact) mass is 512 g/mol. The van der Waals surface area contributed by atoms with Crippen molar-refractivity contribution in [2.45, 2.75) is 76.2 Å². The smallest absolute Gasteiger partial charge is 0.411 e. The number of pyridine rings is 1. The normalized spacial score (nSPS) is 21.4. The Morgan fingerprint density at radius 3 is 2.59 bits per heavy atom. The molecule has 4 rings (SSSR count). The van der Waals surface area contributed by atoms with Gasteiger partial charge in [-0.05, 0) is 69.4 Å². The molecule has 2 heterocycles. The van der Waals surface area contributed by atoms with Crippen molar-refractivity contribution in [3.63, 3.8) is 0 Å². The molecule has 2 amide bonds. The first-order valence-electron chi connectivity index (χ1n) is 12.8. The minimum absolute atomic E-state index is 0.00434. The van der Waals surface area contributed by atoms with Crippen LogP contribution in [0, 0.1) is 11.7 Å². The van der Waals surface area contributed by atoms with E-state index < -0.39 is 35.0 Å². The standard InChI is InChI=1S/C28H37FN4O4/c1-27(2,3)37-26(35)33-17-20(36-4)16-23(33)25(34)32-22-15-19(10-11-21(22)29)28(30,13-12-18-8-9-18)24-7-5-6-14-31-24/h5-7,10-11,14-15,18,20,23H,8-9,12-13,16-17,30H2,1-4H3,(H,32,34)/t20-,23-,28?/m1/s1. The summed E-state index contributed by atoms with van der Waals surface area (Å²) in [5.41, 5.74) is 6.66. The summed E-state index contributed by atoms with van der Waals surface area (Å²) >= 11 is 0. The van der Waals surface area contributed by atoms with Crippen LogP contribution < -0.4 is 11.1 Å².